The molecule has 0 fully saturated rings. The zero-order valence-corrected chi connectivity index (χ0v) is 12.7. The lowest BCUT2D eigenvalue weighted by Gasteiger charge is -2.10. The summed E-state index contributed by atoms with van der Waals surface area (Å²) in [6.07, 6.45) is 0.830. The first-order valence-electron chi connectivity index (χ1n) is 6.77. The first-order chi connectivity index (χ1) is 9.58. The fraction of sp³-hybridized carbons (Fsp3) is 0.294. The molecule has 0 aliphatic heterocycles. The average molecular weight is 290 g/mol. The first kappa shape index (κ1) is 14.9. The molecule has 0 atom stereocenters. The molecule has 0 heterocycles. The maximum absolute atomic E-state index is 6.23. The van der Waals surface area contributed by atoms with Crippen LogP contribution in [0.25, 0.3) is 0 Å². The number of aryl methyl sites for hydroxylation is 2. The van der Waals surface area contributed by atoms with E-state index in [1.165, 1.54) is 11.1 Å². The number of benzene rings is 2. The molecule has 2 rings (SSSR count). The second kappa shape index (κ2) is 6.78. The number of rotatable bonds is 5. The van der Waals surface area contributed by atoms with Crippen molar-refractivity contribution in [3.05, 3.63) is 63.7 Å². The molecule has 0 amide bonds. The monoisotopic (exact) mass is 289 g/mol. The number of nitrogens with two attached hydrogens (primary N) is 1. The van der Waals surface area contributed by atoms with Crippen molar-refractivity contribution in [2.75, 3.05) is 6.54 Å². The van der Waals surface area contributed by atoms with Crippen LogP contribution >= 0.6 is 11.6 Å². The third-order valence-electron chi connectivity index (χ3n) is 3.11. The predicted octanol–water partition coefficient (Wildman–Crippen LogP) is 4.04. The Kier molecular flexibility index (Phi) is 5.05. The summed E-state index contributed by atoms with van der Waals surface area (Å²) in [6.45, 7) is 5.33. The van der Waals surface area contributed by atoms with Gasteiger partial charge in [-0.3, -0.25) is 0 Å². The van der Waals surface area contributed by atoms with Crippen LogP contribution in [0.15, 0.2) is 36.4 Å². The summed E-state index contributed by atoms with van der Waals surface area (Å²) in [4.78, 5) is 0. The fourth-order valence-electron chi connectivity index (χ4n) is 2.30. The van der Waals surface area contributed by atoms with Crippen molar-refractivity contribution in [1.82, 2.24) is 0 Å². The average Bonchev–Trinajstić information content (AvgIpc) is 2.37. The Morgan fingerprint density at radius 2 is 1.70 bits per heavy atom. The predicted molar refractivity (Wildman–Crippen MR) is 84.5 cm³/mol. The van der Waals surface area contributed by atoms with Gasteiger partial charge < -0.3 is 10.5 Å². The standard InChI is InChI=1S/C17H20ClNO/c1-12-7-13(2)9-15(8-12)11-20-17-4-3-14(5-6-19)10-16(17)18/h3-4,7-10H,5-6,11,19H2,1-2H3. The van der Waals surface area contributed by atoms with Crippen molar-refractivity contribution >= 4 is 11.6 Å². The van der Waals surface area contributed by atoms with Crippen molar-refractivity contribution in [2.24, 2.45) is 5.73 Å². The first-order valence-corrected chi connectivity index (χ1v) is 7.15. The molecule has 0 bridgehead atoms. The van der Waals surface area contributed by atoms with Crippen LogP contribution in [0, 0.1) is 13.8 Å². The molecule has 0 aliphatic carbocycles. The number of halogens is 1. The SMILES string of the molecule is Cc1cc(C)cc(COc2ccc(CCN)cc2Cl)c1. The number of hydrogen-bond donors (Lipinski definition) is 1. The van der Waals surface area contributed by atoms with E-state index in [0.29, 0.717) is 23.9 Å². The van der Waals surface area contributed by atoms with Gasteiger partial charge in [-0.1, -0.05) is 47.0 Å². The fourth-order valence-corrected chi connectivity index (χ4v) is 2.55. The molecular weight excluding hydrogens is 270 g/mol. The zero-order chi connectivity index (χ0) is 14.5. The third kappa shape index (κ3) is 3.99. The van der Waals surface area contributed by atoms with E-state index in [9.17, 15) is 0 Å². The highest BCUT2D eigenvalue weighted by atomic mass is 35.5. The summed E-state index contributed by atoms with van der Waals surface area (Å²) in [7, 11) is 0. The van der Waals surface area contributed by atoms with E-state index in [4.69, 9.17) is 22.1 Å². The summed E-state index contributed by atoms with van der Waals surface area (Å²) < 4.78 is 5.80. The van der Waals surface area contributed by atoms with Crippen molar-refractivity contribution in [3.63, 3.8) is 0 Å². The number of hydrogen-bond acceptors (Lipinski definition) is 2. The van der Waals surface area contributed by atoms with Crippen LogP contribution in [0.3, 0.4) is 0 Å². The van der Waals surface area contributed by atoms with Gasteiger partial charge in [-0.15, -0.1) is 0 Å². The van der Waals surface area contributed by atoms with E-state index < -0.39 is 0 Å². The Hall–Kier alpha value is -1.51. The summed E-state index contributed by atoms with van der Waals surface area (Å²) in [6, 6.07) is 12.3. The highest BCUT2D eigenvalue weighted by molar-refractivity contribution is 6.32. The van der Waals surface area contributed by atoms with Crippen molar-refractivity contribution in [3.8, 4) is 5.75 Å². The Balaban J connectivity index is 2.06. The molecule has 0 saturated heterocycles. The van der Waals surface area contributed by atoms with E-state index in [1.807, 2.05) is 18.2 Å². The lowest BCUT2D eigenvalue weighted by molar-refractivity contribution is 0.306. The van der Waals surface area contributed by atoms with Gasteiger partial charge >= 0.3 is 0 Å². The van der Waals surface area contributed by atoms with Gasteiger partial charge in [0, 0.05) is 0 Å². The van der Waals surface area contributed by atoms with Gasteiger partial charge in [0.05, 0.1) is 5.02 Å². The van der Waals surface area contributed by atoms with Crippen LogP contribution in [-0.2, 0) is 13.0 Å². The molecule has 0 spiro atoms. The summed E-state index contributed by atoms with van der Waals surface area (Å²) >= 11 is 6.23. The molecule has 0 aromatic heterocycles. The molecule has 3 heteroatoms. The maximum atomic E-state index is 6.23. The second-order valence-electron chi connectivity index (χ2n) is 5.09. The quantitative estimate of drug-likeness (QED) is 0.902. The summed E-state index contributed by atoms with van der Waals surface area (Å²) in [5.74, 6) is 0.714. The molecule has 2 N–H and O–H groups in total. The topological polar surface area (TPSA) is 35.2 Å². The molecule has 106 valence electrons. The normalized spacial score (nSPS) is 10.6. The van der Waals surface area contributed by atoms with Crippen LogP contribution < -0.4 is 10.5 Å². The highest BCUT2D eigenvalue weighted by Gasteiger charge is 2.04. The molecule has 0 radical (unpaired) electrons. The van der Waals surface area contributed by atoms with Gasteiger partial charge in [-0.05, 0) is 50.1 Å². The molecule has 2 nitrogen and oxygen atoms in total. The summed E-state index contributed by atoms with van der Waals surface area (Å²) in [5, 5.41) is 0.639. The molecule has 2 aromatic rings. The van der Waals surface area contributed by atoms with E-state index in [0.717, 1.165) is 17.5 Å². The molecule has 0 unspecified atom stereocenters. The minimum Gasteiger partial charge on any atom is -0.487 e. The van der Waals surface area contributed by atoms with Gasteiger partial charge in [0.15, 0.2) is 0 Å². The van der Waals surface area contributed by atoms with Gasteiger partial charge in [0.1, 0.15) is 12.4 Å². The Labute approximate surface area is 125 Å². The van der Waals surface area contributed by atoms with Gasteiger partial charge in [0.2, 0.25) is 0 Å². The maximum Gasteiger partial charge on any atom is 0.138 e. The number of ether oxygens (including phenoxy) is 1. The minimum absolute atomic E-state index is 0.526. The zero-order valence-electron chi connectivity index (χ0n) is 11.9. The highest BCUT2D eigenvalue weighted by Crippen LogP contribution is 2.26. The van der Waals surface area contributed by atoms with Crippen molar-refractivity contribution in [1.29, 1.82) is 0 Å². The van der Waals surface area contributed by atoms with Crippen molar-refractivity contribution < 1.29 is 4.74 Å². The Morgan fingerprint density at radius 1 is 1.00 bits per heavy atom. The lowest BCUT2D eigenvalue weighted by Crippen LogP contribution is -2.03. The molecule has 2 aromatic carbocycles. The van der Waals surface area contributed by atoms with E-state index in [2.05, 4.69) is 32.0 Å². The second-order valence-corrected chi connectivity index (χ2v) is 5.50. The minimum atomic E-state index is 0.526. The third-order valence-corrected chi connectivity index (χ3v) is 3.40. The molecule has 0 aliphatic rings. The largest absolute Gasteiger partial charge is 0.487 e. The Bertz CT molecular complexity index is 575. The van der Waals surface area contributed by atoms with Crippen LogP contribution in [0.5, 0.6) is 5.75 Å². The van der Waals surface area contributed by atoms with Gasteiger partial charge in [-0.25, -0.2) is 0 Å². The van der Waals surface area contributed by atoms with Gasteiger partial charge in [-0.2, -0.15) is 0 Å². The van der Waals surface area contributed by atoms with Gasteiger partial charge in [0.25, 0.3) is 0 Å². The van der Waals surface area contributed by atoms with Crippen LogP contribution in [0.2, 0.25) is 5.02 Å². The Morgan fingerprint density at radius 3 is 2.30 bits per heavy atom. The van der Waals surface area contributed by atoms with Crippen molar-refractivity contribution in [2.45, 2.75) is 26.9 Å². The van der Waals surface area contributed by atoms with Crippen LogP contribution in [-0.4, -0.2) is 6.54 Å². The van der Waals surface area contributed by atoms with E-state index >= 15 is 0 Å². The summed E-state index contributed by atoms with van der Waals surface area (Å²) in [5.41, 5.74) is 10.3. The smallest absolute Gasteiger partial charge is 0.138 e. The van der Waals surface area contributed by atoms with E-state index in [1.54, 1.807) is 0 Å². The molecule has 0 saturated carbocycles. The van der Waals surface area contributed by atoms with E-state index in [-0.39, 0.29) is 0 Å². The molecule has 20 heavy (non-hydrogen) atoms. The van der Waals surface area contributed by atoms with Crippen LogP contribution in [0.4, 0.5) is 0 Å². The lowest BCUT2D eigenvalue weighted by atomic mass is 10.1. The van der Waals surface area contributed by atoms with Crippen LogP contribution in [0.1, 0.15) is 22.3 Å². The molecular formula is C17H20ClNO.